The van der Waals surface area contributed by atoms with Crippen molar-refractivity contribution in [3.05, 3.63) is 36.5 Å². The molecule has 1 saturated heterocycles. The molecule has 54 heavy (non-hydrogen) atoms. The lowest BCUT2D eigenvalue weighted by Crippen LogP contribution is -2.48. The van der Waals surface area contributed by atoms with Crippen LogP contribution in [0.3, 0.4) is 0 Å². The quantitative estimate of drug-likeness (QED) is 0.288. The maximum absolute atomic E-state index is 14.7. The third kappa shape index (κ3) is 7.99. The molecule has 1 aromatic carbocycles. The van der Waals surface area contributed by atoms with E-state index in [0.717, 1.165) is 32.1 Å². The van der Waals surface area contributed by atoms with Gasteiger partial charge in [0.1, 0.15) is 23.7 Å². The number of ether oxygens (including phenoxy) is 3. The SMILES string of the molecule is C=C[C@@H]1C[C@]1(CC(=O)[C@@H]1C[C@@H]2CN1C(=O)[C@H](C(C)(C)C)CC(=O)O[C@H]1C[C@@H]1CCCCCc1nc3ccc(OC)cc3nc1O2)C(=O)NS(=O)(=O)C1CC1. The van der Waals surface area contributed by atoms with Gasteiger partial charge in [0.15, 0.2) is 5.78 Å². The number of hydrogen-bond acceptors (Lipinski definition) is 11. The maximum Gasteiger partial charge on any atom is 0.306 e. The number of amides is 2. The Balaban J connectivity index is 1.22. The summed E-state index contributed by atoms with van der Waals surface area (Å²) in [7, 11) is -2.27. The molecule has 1 N–H and O–H groups in total. The first-order valence-electron chi connectivity index (χ1n) is 19.3. The van der Waals surface area contributed by atoms with Crippen LogP contribution in [0.4, 0.5) is 0 Å². The molecule has 14 heteroatoms. The zero-order valence-corrected chi connectivity index (χ0v) is 32.5. The number of rotatable bonds is 8. The van der Waals surface area contributed by atoms with Gasteiger partial charge in [-0.3, -0.25) is 23.9 Å². The number of Topliss-reactive ketones (excluding diaryl/α,β-unsaturated/α-hetero) is 1. The Morgan fingerprint density at radius 1 is 1.07 bits per heavy atom. The van der Waals surface area contributed by atoms with Crippen molar-refractivity contribution in [3.63, 3.8) is 0 Å². The van der Waals surface area contributed by atoms with Gasteiger partial charge in [-0.15, -0.1) is 6.58 Å². The number of aromatic nitrogens is 2. The molecule has 0 radical (unpaired) electrons. The topological polar surface area (TPSA) is 171 Å². The molecule has 4 fully saturated rings. The van der Waals surface area contributed by atoms with Crippen LogP contribution >= 0.6 is 0 Å². The van der Waals surface area contributed by atoms with Gasteiger partial charge in [-0.2, -0.15) is 0 Å². The van der Waals surface area contributed by atoms with E-state index in [4.69, 9.17) is 24.2 Å². The van der Waals surface area contributed by atoms with Gasteiger partial charge < -0.3 is 19.1 Å². The highest BCUT2D eigenvalue weighted by atomic mass is 32.2. The fourth-order valence-electron chi connectivity index (χ4n) is 8.23. The van der Waals surface area contributed by atoms with Crippen molar-refractivity contribution in [2.45, 2.75) is 121 Å². The summed E-state index contributed by atoms with van der Waals surface area (Å²) in [4.78, 5) is 67.4. The van der Waals surface area contributed by atoms with Gasteiger partial charge in [0, 0.05) is 18.9 Å². The molecular formula is C40H52N4O9S. The zero-order chi connectivity index (χ0) is 38.6. The van der Waals surface area contributed by atoms with E-state index in [-0.39, 0.29) is 50.0 Å². The Morgan fingerprint density at radius 2 is 1.85 bits per heavy atom. The summed E-state index contributed by atoms with van der Waals surface area (Å²) < 4.78 is 45.7. The molecule has 3 aliphatic carbocycles. The minimum absolute atomic E-state index is 0.0407. The monoisotopic (exact) mass is 764 g/mol. The van der Waals surface area contributed by atoms with E-state index >= 15 is 0 Å². The molecule has 5 aliphatic rings. The summed E-state index contributed by atoms with van der Waals surface area (Å²) in [5, 5.41) is -0.606. The molecule has 7 atom stereocenters. The van der Waals surface area contributed by atoms with Crippen molar-refractivity contribution in [2.24, 2.45) is 28.6 Å². The highest BCUT2D eigenvalue weighted by molar-refractivity contribution is 7.90. The lowest BCUT2D eigenvalue weighted by atomic mass is 9.77. The second-order valence-corrected chi connectivity index (χ2v) is 19.0. The number of nitrogens with zero attached hydrogens (tertiary/aromatic N) is 3. The fourth-order valence-corrected chi connectivity index (χ4v) is 9.61. The lowest BCUT2D eigenvalue weighted by Gasteiger charge is -2.34. The molecule has 3 saturated carbocycles. The van der Waals surface area contributed by atoms with Crippen molar-refractivity contribution in [1.82, 2.24) is 19.6 Å². The molecule has 2 bridgehead atoms. The molecule has 3 heterocycles. The number of carbonyl (C=O) groups is 4. The van der Waals surface area contributed by atoms with Gasteiger partial charge >= 0.3 is 5.97 Å². The number of ketones is 1. The van der Waals surface area contributed by atoms with Gasteiger partial charge in [-0.25, -0.2) is 18.4 Å². The molecule has 1 aromatic heterocycles. The Morgan fingerprint density at radius 3 is 2.54 bits per heavy atom. The molecule has 2 amide bonds. The summed E-state index contributed by atoms with van der Waals surface area (Å²) >= 11 is 0. The van der Waals surface area contributed by atoms with Crippen LogP contribution in [0.25, 0.3) is 11.0 Å². The summed E-state index contributed by atoms with van der Waals surface area (Å²) in [6.45, 7) is 9.54. The van der Waals surface area contributed by atoms with Crippen LogP contribution in [0.5, 0.6) is 11.6 Å². The first-order chi connectivity index (χ1) is 25.6. The predicted molar refractivity (Wildman–Crippen MR) is 199 cm³/mol. The maximum atomic E-state index is 14.7. The van der Waals surface area contributed by atoms with Crippen LogP contribution in [-0.4, -0.2) is 84.0 Å². The minimum atomic E-state index is -3.85. The number of fused-ring (bicyclic) bond motifs is 5. The van der Waals surface area contributed by atoms with Crippen LogP contribution < -0.4 is 14.2 Å². The Kier molecular flexibility index (Phi) is 10.3. The zero-order valence-electron chi connectivity index (χ0n) is 31.7. The molecule has 292 valence electrons. The molecule has 2 aromatic rings. The molecular weight excluding hydrogens is 713 g/mol. The van der Waals surface area contributed by atoms with Gasteiger partial charge in [-0.05, 0) is 74.3 Å². The van der Waals surface area contributed by atoms with E-state index in [1.165, 1.54) is 4.90 Å². The molecule has 0 spiro atoms. The molecule has 13 nitrogen and oxygen atoms in total. The average molecular weight is 765 g/mol. The van der Waals surface area contributed by atoms with E-state index in [2.05, 4.69) is 11.3 Å². The van der Waals surface area contributed by atoms with E-state index in [0.29, 0.717) is 53.5 Å². The van der Waals surface area contributed by atoms with Crippen LogP contribution in [0.1, 0.15) is 97.1 Å². The Bertz CT molecular complexity index is 1960. The number of benzene rings is 1. The largest absolute Gasteiger partial charge is 0.497 e. The summed E-state index contributed by atoms with van der Waals surface area (Å²) in [5.74, 6) is -1.86. The summed E-state index contributed by atoms with van der Waals surface area (Å²) in [6.07, 6.45) is 6.87. The lowest BCUT2D eigenvalue weighted by molar-refractivity contribution is -0.154. The second kappa shape index (κ2) is 14.5. The number of allylic oxidation sites excluding steroid dienone is 1. The number of aryl methyl sites for hydroxylation is 1. The third-order valence-corrected chi connectivity index (χ3v) is 13.8. The number of hydrogen-bond donors (Lipinski definition) is 1. The van der Waals surface area contributed by atoms with E-state index in [9.17, 15) is 27.6 Å². The van der Waals surface area contributed by atoms with Crippen molar-refractivity contribution in [2.75, 3.05) is 13.7 Å². The number of sulfonamides is 1. The molecule has 7 rings (SSSR count). The summed E-state index contributed by atoms with van der Waals surface area (Å²) in [6, 6.07) is 4.48. The van der Waals surface area contributed by atoms with Crippen molar-refractivity contribution < 1.29 is 41.8 Å². The van der Waals surface area contributed by atoms with Crippen molar-refractivity contribution in [1.29, 1.82) is 0 Å². The van der Waals surface area contributed by atoms with E-state index < -0.39 is 62.0 Å². The van der Waals surface area contributed by atoms with Gasteiger partial charge in [0.25, 0.3) is 0 Å². The number of esters is 1. The standard InChI is InChI=1S/C40H52N4O9S/c1-6-24-20-40(24,38(48)43-54(49,50)27-13-14-27)21-33(45)32-18-26-22-44(32)37(47)28(39(2,3)4)19-35(46)53-34-16-23(34)10-8-7-9-11-30-36(52-26)42-31-17-25(51-5)12-15-29(31)41-30/h6,12,15,17,23-24,26-28,32,34H,1,7-11,13-14,16,18-22H2,2-5H3,(H,43,48)/t23-,24+,26+,28+,32-,34-,40+/m0/s1. The average Bonchev–Trinajstić information content (AvgIpc) is 4.04. The first kappa shape index (κ1) is 38.2. The van der Waals surface area contributed by atoms with E-state index in [1.54, 1.807) is 19.3 Å². The molecule has 0 unspecified atom stereocenters. The molecule has 2 aliphatic heterocycles. The number of methoxy groups -OCH3 is 1. The van der Waals surface area contributed by atoms with E-state index in [1.807, 2.05) is 32.9 Å². The fraction of sp³-hybridized carbons (Fsp3) is 0.650. The number of carbonyl (C=O) groups excluding carboxylic acids is 4. The normalized spacial score (nSPS) is 30.5. The van der Waals surface area contributed by atoms with Gasteiger partial charge in [0.05, 0.1) is 53.7 Å². The van der Waals surface area contributed by atoms with Gasteiger partial charge in [0.2, 0.25) is 27.7 Å². The van der Waals surface area contributed by atoms with Gasteiger partial charge in [-0.1, -0.05) is 39.7 Å². The van der Waals surface area contributed by atoms with Crippen molar-refractivity contribution >= 4 is 44.6 Å². The first-order valence-corrected chi connectivity index (χ1v) is 20.9. The van der Waals surface area contributed by atoms with Crippen LogP contribution in [0.15, 0.2) is 30.9 Å². The summed E-state index contributed by atoms with van der Waals surface area (Å²) in [5.41, 5.74) is 0.0149. The van der Waals surface area contributed by atoms with Crippen molar-refractivity contribution in [3.8, 4) is 11.6 Å². The highest BCUT2D eigenvalue weighted by Gasteiger charge is 2.61. The minimum Gasteiger partial charge on any atom is -0.497 e. The predicted octanol–water partition coefficient (Wildman–Crippen LogP) is 4.85. The van der Waals surface area contributed by atoms with Crippen LogP contribution in [-0.2, 0) is 40.4 Å². The highest BCUT2D eigenvalue weighted by Crippen LogP contribution is 2.57. The third-order valence-electron chi connectivity index (χ3n) is 12.0. The van der Waals surface area contributed by atoms with Crippen LogP contribution in [0.2, 0.25) is 0 Å². The Hall–Kier alpha value is -4.07. The second-order valence-electron chi connectivity index (χ2n) is 17.1. The Labute approximate surface area is 317 Å². The van der Waals surface area contributed by atoms with Crippen LogP contribution in [0, 0.1) is 28.6 Å². The smallest absolute Gasteiger partial charge is 0.306 e. The number of nitrogens with one attached hydrogen (secondary N) is 1.